The lowest BCUT2D eigenvalue weighted by atomic mass is 10.2. The zero-order chi connectivity index (χ0) is 9.68. The molecule has 0 spiro atoms. The minimum Gasteiger partial charge on any atom is -0.342 e. The van der Waals surface area contributed by atoms with Crippen molar-refractivity contribution in [3.8, 4) is 0 Å². The van der Waals surface area contributed by atoms with E-state index in [0.29, 0.717) is 5.91 Å². The first-order valence-corrected chi connectivity index (χ1v) is 5.55. The van der Waals surface area contributed by atoms with Crippen molar-refractivity contribution >= 4 is 5.91 Å². The lowest BCUT2D eigenvalue weighted by molar-refractivity contribution is -0.131. The van der Waals surface area contributed by atoms with E-state index in [1.807, 2.05) is 0 Å². The first-order valence-electron chi connectivity index (χ1n) is 5.55. The van der Waals surface area contributed by atoms with Gasteiger partial charge in [0.05, 0.1) is 0 Å². The highest BCUT2D eigenvalue weighted by atomic mass is 16.2. The molecule has 0 radical (unpaired) electrons. The van der Waals surface area contributed by atoms with Crippen molar-refractivity contribution in [3.05, 3.63) is 0 Å². The normalized spacial score (nSPS) is 15.8. The van der Waals surface area contributed by atoms with Crippen molar-refractivity contribution in [2.45, 2.75) is 46.0 Å². The summed E-state index contributed by atoms with van der Waals surface area (Å²) in [6.45, 7) is 6.18. The van der Waals surface area contributed by atoms with Crippen LogP contribution in [0.4, 0.5) is 0 Å². The van der Waals surface area contributed by atoms with Crippen LogP contribution in [0.5, 0.6) is 0 Å². The molecule has 1 amide bonds. The molecule has 0 saturated heterocycles. The van der Waals surface area contributed by atoms with Gasteiger partial charge in [-0.1, -0.05) is 13.8 Å². The van der Waals surface area contributed by atoms with Crippen LogP contribution in [0.3, 0.4) is 0 Å². The Balaban J connectivity index is 2.29. The Bertz CT molecular complexity index is 163. The Morgan fingerprint density at radius 1 is 1.31 bits per heavy atom. The van der Waals surface area contributed by atoms with Gasteiger partial charge in [0.2, 0.25) is 5.91 Å². The number of hydrogen-bond acceptors (Lipinski definition) is 1. The molecule has 0 N–H and O–H groups in total. The second-order valence-electron chi connectivity index (χ2n) is 4.03. The van der Waals surface area contributed by atoms with Crippen LogP contribution in [0, 0.1) is 5.92 Å². The highest BCUT2D eigenvalue weighted by Gasteiger charge is 2.25. The molecule has 1 saturated carbocycles. The zero-order valence-corrected chi connectivity index (χ0v) is 8.88. The Labute approximate surface area is 81.3 Å². The van der Waals surface area contributed by atoms with Gasteiger partial charge in [-0.3, -0.25) is 4.79 Å². The van der Waals surface area contributed by atoms with E-state index >= 15 is 0 Å². The summed E-state index contributed by atoms with van der Waals surface area (Å²) in [6.07, 6.45) is 5.46. The van der Waals surface area contributed by atoms with Crippen molar-refractivity contribution < 1.29 is 4.79 Å². The van der Waals surface area contributed by atoms with Gasteiger partial charge in [0, 0.05) is 19.5 Å². The van der Waals surface area contributed by atoms with E-state index in [-0.39, 0.29) is 0 Å². The van der Waals surface area contributed by atoms with Crippen LogP contribution in [0.25, 0.3) is 0 Å². The van der Waals surface area contributed by atoms with Gasteiger partial charge in [-0.05, 0) is 31.6 Å². The third-order valence-electron chi connectivity index (χ3n) is 2.49. The molecule has 1 aliphatic rings. The predicted molar refractivity (Wildman–Crippen MR) is 54.5 cm³/mol. The minimum atomic E-state index is 0.358. The van der Waals surface area contributed by atoms with E-state index in [1.54, 1.807) is 0 Å². The van der Waals surface area contributed by atoms with Crippen LogP contribution in [0.2, 0.25) is 0 Å². The van der Waals surface area contributed by atoms with Crippen LogP contribution >= 0.6 is 0 Å². The Kier molecular flexibility index (Phi) is 4.26. The second kappa shape index (κ2) is 5.25. The summed E-state index contributed by atoms with van der Waals surface area (Å²) in [6, 6.07) is 0. The number of nitrogens with zero attached hydrogens (tertiary/aromatic N) is 1. The number of carbonyl (C=O) groups is 1. The molecule has 0 unspecified atom stereocenters. The highest BCUT2D eigenvalue weighted by Crippen LogP contribution is 2.29. The van der Waals surface area contributed by atoms with Crippen LogP contribution in [-0.4, -0.2) is 23.9 Å². The maximum atomic E-state index is 11.6. The van der Waals surface area contributed by atoms with Gasteiger partial charge >= 0.3 is 0 Å². The number of carbonyl (C=O) groups excluding carboxylic acids is 1. The molecule has 0 atom stereocenters. The molecule has 1 aliphatic carbocycles. The lowest BCUT2D eigenvalue weighted by Gasteiger charge is -2.21. The summed E-state index contributed by atoms with van der Waals surface area (Å²) >= 11 is 0. The molecule has 2 heteroatoms. The molecule has 13 heavy (non-hydrogen) atoms. The molecule has 0 aromatic heterocycles. The zero-order valence-electron chi connectivity index (χ0n) is 8.88. The Morgan fingerprint density at radius 3 is 2.46 bits per heavy atom. The van der Waals surface area contributed by atoms with Gasteiger partial charge in [0.15, 0.2) is 0 Å². The SMILES string of the molecule is CCCC(=O)N(CCC)CC1CC1. The maximum Gasteiger partial charge on any atom is 0.222 e. The smallest absolute Gasteiger partial charge is 0.222 e. The van der Waals surface area contributed by atoms with Gasteiger partial charge in [0.1, 0.15) is 0 Å². The summed E-state index contributed by atoms with van der Waals surface area (Å²) in [5.41, 5.74) is 0. The van der Waals surface area contributed by atoms with E-state index in [0.717, 1.165) is 38.3 Å². The fourth-order valence-electron chi connectivity index (χ4n) is 1.57. The fourth-order valence-corrected chi connectivity index (χ4v) is 1.57. The third kappa shape index (κ3) is 3.79. The van der Waals surface area contributed by atoms with Gasteiger partial charge in [-0.25, -0.2) is 0 Å². The average Bonchev–Trinajstić information content (AvgIpc) is 2.88. The topological polar surface area (TPSA) is 20.3 Å². The quantitative estimate of drug-likeness (QED) is 0.619. The summed E-state index contributed by atoms with van der Waals surface area (Å²) in [7, 11) is 0. The van der Waals surface area contributed by atoms with E-state index in [1.165, 1.54) is 12.8 Å². The molecule has 0 aromatic rings. The van der Waals surface area contributed by atoms with E-state index in [4.69, 9.17) is 0 Å². The molecule has 1 fully saturated rings. The van der Waals surface area contributed by atoms with Crippen molar-refractivity contribution in [1.82, 2.24) is 4.90 Å². The molecule has 76 valence electrons. The van der Waals surface area contributed by atoms with Crippen molar-refractivity contribution in [2.75, 3.05) is 13.1 Å². The summed E-state index contributed by atoms with van der Waals surface area (Å²) in [5.74, 6) is 1.18. The standard InChI is InChI=1S/C11H21NO/c1-3-5-11(13)12(8-4-2)9-10-6-7-10/h10H,3-9H2,1-2H3. The molecule has 1 rings (SSSR count). The van der Waals surface area contributed by atoms with Gasteiger partial charge in [-0.2, -0.15) is 0 Å². The molecule has 0 heterocycles. The highest BCUT2D eigenvalue weighted by molar-refractivity contribution is 5.76. The van der Waals surface area contributed by atoms with Crippen molar-refractivity contribution in [1.29, 1.82) is 0 Å². The van der Waals surface area contributed by atoms with Crippen LogP contribution in [0.1, 0.15) is 46.0 Å². The van der Waals surface area contributed by atoms with E-state index < -0.39 is 0 Å². The van der Waals surface area contributed by atoms with E-state index in [9.17, 15) is 4.79 Å². The third-order valence-corrected chi connectivity index (χ3v) is 2.49. The number of hydrogen-bond donors (Lipinski definition) is 0. The molecular formula is C11H21NO. The van der Waals surface area contributed by atoms with Crippen molar-refractivity contribution in [2.24, 2.45) is 5.92 Å². The lowest BCUT2D eigenvalue weighted by Crippen LogP contribution is -2.33. The fraction of sp³-hybridized carbons (Fsp3) is 0.909. The largest absolute Gasteiger partial charge is 0.342 e. The Hall–Kier alpha value is -0.530. The van der Waals surface area contributed by atoms with Gasteiger partial charge in [-0.15, -0.1) is 0 Å². The minimum absolute atomic E-state index is 0.358. The molecule has 0 bridgehead atoms. The molecule has 0 aromatic carbocycles. The van der Waals surface area contributed by atoms with Crippen LogP contribution < -0.4 is 0 Å². The van der Waals surface area contributed by atoms with Crippen molar-refractivity contribution in [3.63, 3.8) is 0 Å². The maximum absolute atomic E-state index is 11.6. The first-order chi connectivity index (χ1) is 6.27. The summed E-state index contributed by atoms with van der Waals surface area (Å²) in [4.78, 5) is 13.7. The van der Waals surface area contributed by atoms with E-state index in [2.05, 4.69) is 18.7 Å². The summed E-state index contributed by atoms with van der Waals surface area (Å²) < 4.78 is 0. The van der Waals surface area contributed by atoms with Crippen LogP contribution in [0.15, 0.2) is 0 Å². The second-order valence-corrected chi connectivity index (χ2v) is 4.03. The predicted octanol–water partition coefficient (Wildman–Crippen LogP) is 2.44. The summed E-state index contributed by atoms with van der Waals surface area (Å²) in [5, 5.41) is 0. The van der Waals surface area contributed by atoms with Gasteiger partial charge in [0.25, 0.3) is 0 Å². The van der Waals surface area contributed by atoms with Gasteiger partial charge < -0.3 is 4.90 Å². The molecule has 0 aliphatic heterocycles. The van der Waals surface area contributed by atoms with Crippen LogP contribution in [-0.2, 0) is 4.79 Å². The number of rotatable bonds is 6. The first kappa shape index (κ1) is 10.6. The Morgan fingerprint density at radius 2 is 2.00 bits per heavy atom. The average molecular weight is 183 g/mol. The molecule has 2 nitrogen and oxygen atoms in total. The molecular weight excluding hydrogens is 162 g/mol. The number of amides is 1. The monoisotopic (exact) mass is 183 g/mol.